The van der Waals surface area contributed by atoms with E-state index in [9.17, 15) is 4.79 Å². The van der Waals surface area contributed by atoms with Crippen LogP contribution in [0.1, 0.15) is 23.2 Å². The van der Waals surface area contributed by atoms with Crippen molar-refractivity contribution in [2.24, 2.45) is 0 Å². The molecule has 2 aromatic carbocycles. The minimum atomic E-state index is -0.0625. The van der Waals surface area contributed by atoms with Crippen molar-refractivity contribution in [2.75, 3.05) is 30.4 Å². The van der Waals surface area contributed by atoms with Gasteiger partial charge in [0.15, 0.2) is 11.5 Å². The summed E-state index contributed by atoms with van der Waals surface area (Å²) in [7, 11) is 0. The van der Waals surface area contributed by atoms with Gasteiger partial charge in [-0.25, -0.2) is 0 Å². The number of thioether (sulfide) groups is 1. The molecule has 25 heavy (non-hydrogen) atoms. The quantitative estimate of drug-likeness (QED) is 0.727. The first-order chi connectivity index (χ1) is 12.2. The van der Waals surface area contributed by atoms with Crippen molar-refractivity contribution >= 4 is 35.0 Å². The maximum atomic E-state index is 13.2. The van der Waals surface area contributed by atoms with E-state index in [1.807, 2.05) is 23.1 Å². The third kappa shape index (κ3) is 3.31. The van der Waals surface area contributed by atoms with Gasteiger partial charge in [-0.2, -0.15) is 0 Å². The number of halogens is 1. The van der Waals surface area contributed by atoms with Gasteiger partial charge < -0.3 is 14.4 Å². The highest BCUT2D eigenvalue weighted by Crippen LogP contribution is 2.39. The molecule has 1 amide bonds. The van der Waals surface area contributed by atoms with Crippen LogP contribution in [0.15, 0.2) is 41.3 Å². The highest BCUT2D eigenvalue weighted by Gasteiger charge is 2.25. The number of hydrogen-bond acceptors (Lipinski definition) is 4. The van der Waals surface area contributed by atoms with E-state index < -0.39 is 0 Å². The summed E-state index contributed by atoms with van der Waals surface area (Å²) in [6.45, 7) is 1.82. The van der Waals surface area contributed by atoms with Crippen LogP contribution in [0.4, 0.5) is 5.69 Å². The Kier molecular flexibility index (Phi) is 4.77. The summed E-state index contributed by atoms with van der Waals surface area (Å²) in [6, 6.07) is 11.5. The van der Waals surface area contributed by atoms with Crippen molar-refractivity contribution in [3.05, 3.63) is 47.0 Å². The predicted octanol–water partition coefficient (Wildman–Crippen LogP) is 4.64. The number of amides is 1. The molecular weight excluding hydrogens is 358 g/mol. The summed E-state index contributed by atoms with van der Waals surface area (Å²) >= 11 is 8.15. The van der Waals surface area contributed by atoms with E-state index in [0.717, 1.165) is 29.2 Å². The molecule has 0 unspecified atom stereocenters. The van der Waals surface area contributed by atoms with Crippen molar-refractivity contribution in [3.8, 4) is 11.5 Å². The number of ether oxygens (including phenoxy) is 2. The molecule has 0 aromatic heterocycles. The SMILES string of the molecule is O=C(c1cc(Cl)c2c(c1)OCCCO2)N1CCCSc2ccccc21. The Morgan fingerprint density at radius 1 is 1.12 bits per heavy atom. The lowest BCUT2D eigenvalue weighted by atomic mass is 10.1. The molecule has 2 aliphatic heterocycles. The predicted molar refractivity (Wildman–Crippen MR) is 101 cm³/mol. The molecule has 130 valence electrons. The number of rotatable bonds is 1. The van der Waals surface area contributed by atoms with Gasteiger partial charge in [0.1, 0.15) is 0 Å². The Labute approximate surface area is 156 Å². The summed E-state index contributed by atoms with van der Waals surface area (Å²) in [6.07, 6.45) is 1.74. The van der Waals surface area contributed by atoms with Crippen LogP contribution in [-0.4, -0.2) is 31.4 Å². The maximum Gasteiger partial charge on any atom is 0.258 e. The molecule has 0 N–H and O–H groups in total. The highest BCUT2D eigenvalue weighted by atomic mass is 35.5. The second-order valence-electron chi connectivity index (χ2n) is 5.96. The second kappa shape index (κ2) is 7.18. The minimum Gasteiger partial charge on any atom is -0.489 e. The zero-order valence-corrected chi connectivity index (χ0v) is 15.2. The zero-order valence-electron chi connectivity index (χ0n) is 13.7. The lowest BCUT2D eigenvalue weighted by molar-refractivity contribution is 0.0986. The average Bonchev–Trinajstić information content (AvgIpc) is 2.99. The Balaban J connectivity index is 1.72. The normalized spacial score (nSPS) is 16.6. The van der Waals surface area contributed by atoms with E-state index in [1.54, 1.807) is 23.9 Å². The molecule has 2 aromatic rings. The van der Waals surface area contributed by atoms with E-state index in [2.05, 4.69) is 6.07 Å². The van der Waals surface area contributed by atoms with Crippen LogP contribution >= 0.6 is 23.4 Å². The summed E-state index contributed by atoms with van der Waals surface area (Å²) in [4.78, 5) is 16.2. The van der Waals surface area contributed by atoms with Gasteiger partial charge in [0.25, 0.3) is 5.91 Å². The van der Waals surface area contributed by atoms with Gasteiger partial charge in [-0.1, -0.05) is 23.7 Å². The molecule has 2 aliphatic rings. The van der Waals surface area contributed by atoms with Crippen LogP contribution in [0, 0.1) is 0 Å². The van der Waals surface area contributed by atoms with E-state index >= 15 is 0 Å². The number of benzene rings is 2. The van der Waals surface area contributed by atoms with Crippen molar-refractivity contribution in [2.45, 2.75) is 17.7 Å². The first-order valence-electron chi connectivity index (χ1n) is 8.37. The molecule has 4 rings (SSSR count). The van der Waals surface area contributed by atoms with Crippen molar-refractivity contribution in [3.63, 3.8) is 0 Å². The van der Waals surface area contributed by atoms with Crippen LogP contribution in [-0.2, 0) is 0 Å². The van der Waals surface area contributed by atoms with Gasteiger partial charge in [-0.3, -0.25) is 4.79 Å². The molecule has 0 fully saturated rings. The smallest absolute Gasteiger partial charge is 0.258 e. The third-order valence-corrected chi connectivity index (χ3v) is 5.66. The largest absolute Gasteiger partial charge is 0.489 e. The van der Waals surface area contributed by atoms with Gasteiger partial charge in [0.05, 0.1) is 23.9 Å². The molecule has 0 saturated heterocycles. The maximum absolute atomic E-state index is 13.2. The second-order valence-corrected chi connectivity index (χ2v) is 7.51. The number of carbonyl (C=O) groups is 1. The fourth-order valence-electron chi connectivity index (χ4n) is 3.05. The Morgan fingerprint density at radius 2 is 1.96 bits per heavy atom. The van der Waals surface area contributed by atoms with Crippen LogP contribution in [0.2, 0.25) is 5.02 Å². The first-order valence-corrected chi connectivity index (χ1v) is 9.73. The summed E-state index contributed by atoms with van der Waals surface area (Å²) in [5.74, 6) is 2.02. The molecule has 0 radical (unpaired) electrons. The monoisotopic (exact) mass is 375 g/mol. The minimum absolute atomic E-state index is 0.0625. The van der Waals surface area contributed by atoms with Crippen LogP contribution in [0.25, 0.3) is 0 Å². The number of fused-ring (bicyclic) bond motifs is 2. The van der Waals surface area contributed by atoms with Gasteiger partial charge >= 0.3 is 0 Å². The summed E-state index contributed by atoms with van der Waals surface area (Å²) in [5, 5.41) is 0.417. The first kappa shape index (κ1) is 16.6. The number of anilines is 1. The van der Waals surface area contributed by atoms with E-state index in [4.69, 9.17) is 21.1 Å². The molecule has 6 heteroatoms. The van der Waals surface area contributed by atoms with Crippen molar-refractivity contribution in [1.29, 1.82) is 0 Å². The standard InChI is InChI=1S/C19H18ClNO3S/c20-14-11-13(12-16-18(14)24-9-4-8-23-16)19(22)21-7-3-10-25-17-6-2-1-5-15(17)21/h1-2,5-6,11-12H,3-4,7-10H2. The van der Waals surface area contributed by atoms with Crippen LogP contribution in [0.3, 0.4) is 0 Å². The fraction of sp³-hybridized carbons (Fsp3) is 0.316. The fourth-order valence-corrected chi connectivity index (χ4v) is 4.31. The van der Waals surface area contributed by atoms with Crippen molar-refractivity contribution < 1.29 is 14.3 Å². The molecular formula is C19H18ClNO3S. The third-order valence-electron chi connectivity index (χ3n) is 4.23. The molecule has 2 heterocycles. The molecule has 0 saturated carbocycles. The number of hydrogen-bond donors (Lipinski definition) is 0. The van der Waals surface area contributed by atoms with Crippen molar-refractivity contribution in [1.82, 2.24) is 0 Å². The molecule has 0 bridgehead atoms. The van der Waals surface area contributed by atoms with E-state index in [1.165, 1.54) is 0 Å². The number of carbonyl (C=O) groups excluding carboxylic acids is 1. The molecule has 0 aliphatic carbocycles. The average molecular weight is 376 g/mol. The topological polar surface area (TPSA) is 38.8 Å². The number of para-hydroxylation sites is 1. The number of nitrogens with zero attached hydrogens (tertiary/aromatic N) is 1. The lowest BCUT2D eigenvalue weighted by Gasteiger charge is -2.23. The van der Waals surface area contributed by atoms with E-state index in [0.29, 0.717) is 41.8 Å². The lowest BCUT2D eigenvalue weighted by Crippen LogP contribution is -2.31. The zero-order chi connectivity index (χ0) is 17.2. The summed E-state index contributed by atoms with van der Waals surface area (Å²) in [5.41, 5.74) is 1.48. The van der Waals surface area contributed by atoms with Gasteiger partial charge in [0, 0.05) is 23.4 Å². The Morgan fingerprint density at radius 3 is 2.88 bits per heavy atom. The molecule has 4 nitrogen and oxygen atoms in total. The van der Waals surface area contributed by atoms with Gasteiger partial charge in [-0.05, 0) is 36.4 Å². The Hall–Kier alpha value is -1.85. The molecule has 0 spiro atoms. The van der Waals surface area contributed by atoms with Crippen LogP contribution in [0.5, 0.6) is 11.5 Å². The Bertz CT molecular complexity index is 811. The molecule has 0 atom stereocenters. The van der Waals surface area contributed by atoms with E-state index in [-0.39, 0.29) is 5.91 Å². The summed E-state index contributed by atoms with van der Waals surface area (Å²) < 4.78 is 11.4. The highest BCUT2D eigenvalue weighted by molar-refractivity contribution is 7.99. The van der Waals surface area contributed by atoms with Gasteiger partial charge in [-0.15, -0.1) is 11.8 Å². The van der Waals surface area contributed by atoms with Gasteiger partial charge in [0.2, 0.25) is 0 Å². The van der Waals surface area contributed by atoms with Crippen LogP contribution < -0.4 is 14.4 Å².